The first kappa shape index (κ1) is 17.1. The van der Waals surface area contributed by atoms with E-state index in [4.69, 9.17) is 0 Å². The average Bonchev–Trinajstić information content (AvgIpc) is 2.70. The van der Waals surface area contributed by atoms with Crippen molar-refractivity contribution >= 4 is 17.7 Å². The van der Waals surface area contributed by atoms with Crippen molar-refractivity contribution in [3.8, 4) is 0 Å². The number of rotatable bonds is 5. The van der Waals surface area contributed by atoms with Crippen LogP contribution in [0, 0.1) is 0 Å². The van der Waals surface area contributed by atoms with E-state index in [1.54, 1.807) is 23.4 Å². The Kier molecular flexibility index (Phi) is 5.37. The van der Waals surface area contributed by atoms with Crippen LogP contribution in [-0.4, -0.2) is 70.0 Å². The highest BCUT2D eigenvalue weighted by Gasteiger charge is 2.21. The van der Waals surface area contributed by atoms with Crippen LogP contribution in [0.2, 0.25) is 0 Å². The van der Waals surface area contributed by atoms with Gasteiger partial charge in [0.15, 0.2) is 0 Å². The summed E-state index contributed by atoms with van der Waals surface area (Å²) < 4.78 is 0. The molecule has 1 fully saturated rings. The predicted octanol–water partition coefficient (Wildman–Crippen LogP) is 1.08. The van der Waals surface area contributed by atoms with E-state index in [0.29, 0.717) is 18.8 Å². The number of hydrogen-bond donors (Lipinski definition) is 0. The van der Waals surface area contributed by atoms with Gasteiger partial charge >= 0.3 is 0 Å². The number of anilines is 2. The third-order valence-corrected chi connectivity index (χ3v) is 4.36. The van der Waals surface area contributed by atoms with E-state index in [1.807, 2.05) is 19.9 Å². The van der Waals surface area contributed by atoms with E-state index in [2.05, 4.69) is 29.7 Å². The van der Waals surface area contributed by atoms with Crippen molar-refractivity contribution in [3.05, 3.63) is 36.5 Å². The van der Waals surface area contributed by atoms with Gasteiger partial charge in [0.1, 0.15) is 17.8 Å². The fourth-order valence-electron chi connectivity index (χ4n) is 2.90. The minimum absolute atomic E-state index is 0.0510. The highest BCUT2D eigenvalue weighted by molar-refractivity contribution is 5.92. The molecule has 8 nitrogen and oxygen atoms in total. The SMILES string of the molecule is CCN(CC)C(=O)c1cc(N2CCN(c3ncccn3)CC2)ncn1. The minimum atomic E-state index is -0.0510. The van der Waals surface area contributed by atoms with Crippen molar-refractivity contribution < 1.29 is 4.79 Å². The fraction of sp³-hybridized carbons (Fsp3) is 0.471. The summed E-state index contributed by atoms with van der Waals surface area (Å²) in [5.41, 5.74) is 0.447. The van der Waals surface area contributed by atoms with Gasteiger partial charge in [-0.05, 0) is 19.9 Å². The first-order valence-corrected chi connectivity index (χ1v) is 8.61. The number of carbonyl (C=O) groups excluding carboxylic acids is 1. The van der Waals surface area contributed by atoms with Crippen LogP contribution >= 0.6 is 0 Å². The summed E-state index contributed by atoms with van der Waals surface area (Å²) >= 11 is 0. The average molecular weight is 341 g/mol. The molecule has 1 aliphatic heterocycles. The molecule has 0 unspecified atom stereocenters. The molecule has 1 saturated heterocycles. The van der Waals surface area contributed by atoms with Gasteiger partial charge in [0.25, 0.3) is 5.91 Å². The highest BCUT2D eigenvalue weighted by Crippen LogP contribution is 2.17. The molecule has 0 bridgehead atoms. The molecule has 2 aromatic rings. The van der Waals surface area contributed by atoms with Crippen LogP contribution in [-0.2, 0) is 0 Å². The lowest BCUT2D eigenvalue weighted by atomic mass is 10.3. The van der Waals surface area contributed by atoms with Gasteiger partial charge in [-0.1, -0.05) is 0 Å². The summed E-state index contributed by atoms with van der Waals surface area (Å²) in [6.45, 7) is 8.50. The number of aromatic nitrogens is 4. The molecule has 0 aromatic carbocycles. The molecule has 1 amide bonds. The van der Waals surface area contributed by atoms with Gasteiger partial charge in [-0.15, -0.1) is 0 Å². The number of amides is 1. The van der Waals surface area contributed by atoms with Crippen molar-refractivity contribution in [2.45, 2.75) is 13.8 Å². The molecule has 3 rings (SSSR count). The van der Waals surface area contributed by atoms with Gasteiger partial charge in [0.2, 0.25) is 5.95 Å². The lowest BCUT2D eigenvalue weighted by molar-refractivity contribution is 0.0767. The van der Waals surface area contributed by atoms with Crippen LogP contribution in [0.15, 0.2) is 30.9 Å². The van der Waals surface area contributed by atoms with Gasteiger partial charge in [0, 0.05) is 57.7 Å². The van der Waals surface area contributed by atoms with E-state index in [-0.39, 0.29) is 5.91 Å². The molecule has 8 heteroatoms. The lowest BCUT2D eigenvalue weighted by Crippen LogP contribution is -2.47. The molecule has 132 valence electrons. The summed E-state index contributed by atoms with van der Waals surface area (Å²) in [4.78, 5) is 35.6. The van der Waals surface area contributed by atoms with E-state index in [1.165, 1.54) is 6.33 Å². The van der Waals surface area contributed by atoms with Gasteiger partial charge in [-0.3, -0.25) is 4.79 Å². The number of hydrogen-bond acceptors (Lipinski definition) is 7. The van der Waals surface area contributed by atoms with Gasteiger partial charge in [0.05, 0.1) is 0 Å². The standard InChI is InChI=1S/C17H23N7O/c1-3-22(4-2)16(25)14-12-15(21-13-20-14)23-8-10-24(11-9-23)17-18-6-5-7-19-17/h5-7,12-13H,3-4,8-11H2,1-2H3. The Morgan fingerprint density at radius 2 is 1.64 bits per heavy atom. The third kappa shape index (κ3) is 3.84. The highest BCUT2D eigenvalue weighted by atomic mass is 16.2. The second-order valence-corrected chi connectivity index (χ2v) is 5.76. The summed E-state index contributed by atoms with van der Waals surface area (Å²) in [7, 11) is 0. The molecule has 0 spiro atoms. The molecular weight excluding hydrogens is 318 g/mol. The zero-order valence-corrected chi connectivity index (χ0v) is 14.7. The van der Waals surface area contributed by atoms with E-state index < -0.39 is 0 Å². The molecule has 0 radical (unpaired) electrons. The number of nitrogens with zero attached hydrogens (tertiary/aromatic N) is 7. The summed E-state index contributed by atoms with van der Waals surface area (Å²) in [6, 6.07) is 3.60. The molecule has 2 aromatic heterocycles. The largest absolute Gasteiger partial charge is 0.353 e. The third-order valence-electron chi connectivity index (χ3n) is 4.36. The van der Waals surface area contributed by atoms with Gasteiger partial charge < -0.3 is 14.7 Å². The van der Waals surface area contributed by atoms with Crippen LogP contribution in [0.1, 0.15) is 24.3 Å². The maximum absolute atomic E-state index is 12.5. The first-order valence-electron chi connectivity index (χ1n) is 8.61. The minimum Gasteiger partial charge on any atom is -0.353 e. The maximum atomic E-state index is 12.5. The smallest absolute Gasteiger partial charge is 0.272 e. The quantitative estimate of drug-likeness (QED) is 0.805. The van der Waals surface area contributed by atoms with Crippen molar-refractivity contribution in [1.82, 2.24) is 24.8 Å². The van der Waals surface area contributed by atoms with E-state index in [9.17, 15) is 4.79 Å². The monoisotopic (exact) mass is 341 g/mol. The molecular formula is C17H23N7O. The Balaban J connectivity index is 1.67. The second-order valence-electron chi connectivity index (χ2n) is 5.76. The van der Waals surface area contributed by atoms with Gasteiger partial charge in [-0.2, -0.15) is 0 Å². The van der Waals surface area contributed by atoms with Crippen LogP contribution < -0.4 is 9.80 Å². The lowest BCUT2D eigenvalue weighted by Gasteiger charge is -2.35. The first-order chi connectivity index (χ1) is 12.2. The van der Waals surface area contributed by atoms with Crippen LogP contribution in [0.3, 0.4) is 0 Å². The topological polar surface area (TPSA) is 78.4 Å². The molecule has 1 aliphatic rings. The Labute approximate surface area is 147 Å². The predicted molar refractivity (Wildman–Crippen MR) is 95.7 cm³/mol. The Hall–Kier alpha value is -2.77. The second kappa shape index (κ2) is 7.87. The summed E-state index contributed by atoms with van der Waals surface area (Å²) in [5, 5.41) is 0. The molecule has 0 atom stereocenters. The Morgan fingerprint density at radius 1 is 1.00 bits per heavy atom. The summed E-state index contributed by atoms with van der Waals surface area (Å²) in [5.74, 6) is 1.49. The van der Waals surface area contributed by atoms with Crippen LogP contribution in [0.25, 0.3) is 0 Å². The van der Waals surface area contributed by atoms with E-state index >= 15 is 0 Å². The van der Waals surface area contributed by atoms with E-state index in [0.717, 1.165) is 37.9 Å². The zero-order valence-electron chi connectivity index (χ0n) is 14.7. The van der Waals surface area contributed by atoms with Crippen molar-refractivity contribution in [2.24, 2.45) is 0 Å². The Morgan fingerprint density at radius 3 is 2.28 bits per heavy atom. The Bertz CT molecular complexity index is 697. The fourth-order valence-corrected chi connectivity index (χ4v) is 2.90. The van der Waals surface area contributed by atoms with Gasteiger partial charge in [-0.25, -0.2) is 19.9 Å². The molecule has 0 saturated carbocycles. The molecule has 0 N–H and O–H groups in total. The molecule has 25 heavy (non-hydrogen) atoms. The van der Waals surface area contributed by atoms with Crippen LogP contribution in [0.4, 0.5) is 11.8 Å². The zero-order chi connectivity index (χ0) is 17.6. The summed E-state index contributed by atoms with van der Waals surface area (Å²) in [6.07, 6.45) is 4.98. The van der Waals surface area contributed by atoms with Crippen molar-refractivity contribution in [2.75, 3.05) is 49.1 Å². The van der Waals surface area contributed by atoms with Crippen LogP contribution in [0.5, 0.6) is 0 Å². The molecule has 0 aliphatic carbocycles. The van der Waals surface area contributed by atoms with Crippen molar-refractivity contribution in [3.63, 3.8) is 0 Å². The molecule has 3 heterocycles. The maximum Gasteiger partial charge on any atom is 0.272 e. The number of carbonyl (C=O) groups is 1. The van der Waals surface area contributed by atoms with Crippen molar-refractivity contribution in [1.29, 1.82) is 0 Å². The number of piperazine rings is 1. The normalized spacial score (nSPS) is 14.5.